The maximum atomic E-state index is 14.0. The molecule has 3 aliphatic heterocycles. The number of benzene rings is 1. The molecule has 0 aliphatic carbocycles. The number of amides is 2. The summed E-state index contributed by atoms with van der Waals surface area (Å²) >= 11 is 0. The maximum Gasteiger partial charge on any atom is 0.312 e. The number of carbonyl (C=O) groups excluding carboxylic acids is 3. The van der Waals surface area contributed by atoms with Crippen LogP contribution in [0, 0.1) is 17.8 Å². The number of methoxy groups -OCH3 is 1. The van der Waals surface area contributed by atoms with Crippen LogP contribution in [0.3, 0.4) is 0 Å². The number of ether oxygens (including phenoxy) is 3. The minimum atomic E-state index is -1.16. The van der Waals surface area contributed by atoms with E-state index in [1.165, 1.54) is 4.90 Å². The highest BCUT2D eigenvalue weighted by Gasteiger charge is 2.79. The number of nitrogens with zero attached hydrogens (tertiary/aromatic N) is 1. The molecule has 35 heavy (non-hydrogen) atoms. The normalized spacial score (nSPS) is 32.0. The molecule has 2 bridgehead atoms. The second kappa shape index (κ2) is 9.43. The van der Waals surface area contributed by atoms with Gasteiger partial charge in [-0.1, -0.05) is 20.8 Å². The molecule has 6 atom stereocenters. The molecule has 1 spiro atoms. The third kappa shape index (κ3) is 3.80. The summed E-state index contributed by atoms with van der Waals surface area (Å²) in [5.74, 6) is -2.29. The number of anilines is 1. The Balaban J connectivity index is 1.78. The predicted molar refractivity (Wildman–Crippen MR) is 128 cm³/mol. The first kappa shape index (κ1) is 25.4. The molecule has 2 unspecified atom stereocenters. The van der Waals surface area contributed by atoms with Gasteiger partial charge in [-0.2, -0.15) is 0 Å². The summed E-state index contributed by atoms with van der Waals surface area (Å²) in [6, 6.07) is 5.33. The van der Waals surface area contributed by atoms with Crippen molar-refractivity contribution < 1.29 is 33.7 Å². The first-order valence-electron chi connectivity index (χ1n) is 12.4. The predicted octanol–water partition coefficient (Wildman–Crippen LogP) is 2.37. The minimum Gasteiger partial charge on any atom is -0.497 e. The van der Waals surface area contributed by atoms with E-state index in [4.69, 9.17) is 14.2 Å². The largest absolute Gasteiger partial charge is 0.497 e. The van der Waals surface area contributed by atoms with Crippen LogP contribution in [0.25, 0.3) is 0 Å². The third-order valence-corrected chi connectivity index (χ3v) is 8.08. The number of carbonyl (C=O) groups is 3. The molecule has 3 saturated heterocycles. The van der Waals surface area contributed by atoms with Crippen LogP contribution < -0.4 is 10.1 Å². The van der Waals surface area contributed by atoms with E-state index in [1.807, 2.05) is 20.8 Å². The number of aliphatic hydroxyl groups excluding tert-OH is 1. The number of hydrogen-bond donors (Lipinski definition) is 2. The first-order valence-corrected chi connectivity index (χ1v) is 12.4. The number of aliphatic hydroxyl groups is 1. The lowest BCUT2D eigenvalue weighted by atomic mass is 9.65. The Morgan fingerprint density at radius 1 is 1.23 bits per heavy atom. The van der Waals surface area contributed by atoms with Crippen LogP contribution in [0.1, 0.15) is 47.0 Å². The highest BCUT2D eigenvalue weighted by atomic mass is 16.6. The molecule has 9 heteroatoms. The van der Waals surface area contributed by atoms with E-state index < -0.39 is 47.0 Å². The van der Waals surface area contributed by atoms with Crippen molar-refractivity contribution in [2.45, 2.75) is 70.2 Å². The monoisotopic (exact) mass is 488 g/mol. The molecule has 3 heterocycles. The van der Waals surface area contributed by atoms with Gasteiger partial charge in [-0.05, 0) is 56.4 Å². The van der Waals surface area contributed by atoms with Crippen LogP contribution in [-0.4, -0.2) is 71.4 Å². The average molecular weight is 489 g/mol. The quantitative estimate of drug-likeness (QED) is 0.513. The Morgan fingerprint density at radius 3 is 2.46 bits per heavy atom. The van der Waals surface area contributed by atoms with Gasteiger partial charge in [0, 0.05) is 5.69 Å². The second-order valence-corrected chi connectivity index (χ2v) is 10.0. The fraction of sp³-hybridized carbons (Fsp3) is 0.654. The van der Waals surface area contributed by atoms with E-state index in [2.05, 4.69) is 5.32 Å². The summed E-state index contributed by atoms with van der Waals surface area (Å²) in [4.78, 5) is 42.5. The number of hydrogen-bond acceptors (Lipinski definition) is 7. The summed E-state index contributed by atoms with van der Waals surface area (Å²) in [7, 11) is 1.56. The van der Waals surface area contributed by atoms with E-state index in [0.29, 0.717) is 30.7 Å². The van der Waals surface area contributed by atoms with Gasteiger partial charge in [0.2, 0.25) is 11.8 Å². The van der Waals surface area contributed by atoms with E-state index in [1.54, 1.807) is 38.3 Å². The molecule has 4 rings (SSSR count). The lowest BCUT2D eigenvalue weighted by Gasteiger charge is -2.38. The molecule has 0 aromatic heterocycles. The minimum absolute atomic E-state index is 0.117. The molecule has 1 aromatic rings. The van der Waals surface area contributed by atoms with Gasteiger partial charge in [-0.3, -0.25) is 14.4 Å². The van der Waals surface area contributed by atoms with Crippen molar-refractivity contribution in [2.75, 3.05) is 25.6 Å². The van der Waals surface area contributed by atoms with Gasteiger partial charge in [-0.15, -0.1) is 0 Å². The molecule has 0 saturated carbocycles. The number of likely N-dealkylation sites (tertiary alicyclic amines) is 1. The summed E-state index contributed by atoms with van der Waals surface area (Å²) in [5, 5.41) is 13.2. The average Bonchev–Trinajstić information content (AvgIpc) is 3.44. The molecule has 1 aromatic carbocycles. The summed E-state index contributed by atoms with van der Waals surface area (Å²) < 4.78 is 17.2. The number of nitrogens with one attached hydrogen (secondary N) is 1. The number of rotatable bonds is 9. The van der Waals surface area contributed by atoms with E-state index in [9.17, 15) is 19.5 Å². The highest BCUT2D eigenvalue weighted by Crippen LogP contribution is 2.64. The number of esters is 1. The summed E-state index contributed by atoms with van der Waals surface area (Å²) in [6.07, 6.45) is 1.56. The molecule has 9 nitrogen and oxygen atoms in total. The van der Waals surface area contributed by atoms with Crippen molar-refractivity contribution in [1.82, 2.24) is 4.90 Å². The van der Waals surface area contributed by atoms with Gasteiger partial charge >= 0.3 is 5.97 Å². The molecule has 192 valence electrons. The Hall–Kier alpha value is -2.65. The van der Waals surface area contributed by atoms with Crippen molar-refractivity contribution in [2.24, 2.45) is 17.8 Å². The highest BCUT2D eigenvalue weighted by molar-refractivity contribution is 6.03. The van der Waals surface area contributed by atoms with Crippen molar-refractivity contribution in [3.8, 4) is 5.75 Å². The topological polar surface area (TPSA) is 114 Å². The second-order valence-electron chi connectivity index (χ2n) is 10.0. The number of fused-ring (bicyclic) bond motifs is 1. The van der Waals surface area contributed by atoms with Gasteiger partial charge in [-0.25, -0.2) is 0 Å². The zero-order chi connectivity index (χ0) is 25.5. The smallest absolute Gasteiger partial charge is 0.312 e. The van der Waals surface area contributed by atoms with Crippen molar-refractivity contribution >= 4 is 23.5 Å². The molecule has 3 aliphatic rings. The van der Waals surface area contributed by atoms with Crippen molar-refractivity contribution in [3.63, 3.8) is 0 Å². The van der Waals surface area contributed by atoms with Gasteiger partial charge in [0.15, 0.2) is 0 Å². The van der Waals surface area contributed by atoms with E-state index in [-0.39, 0.29) is 25.0 Å². The SMILES string of the molecule is CCOC(=O)[C@H]1[C@H]2C(=O)N([C@@H](CO)C(C)C)C(C(=O)Nc3ccc(OC)cc3)C23CC[C@]1(CC)O3. The van der Waals surface area contributed by atoms with Crippen LogP contribution in [0.2, 0.25) is 0 Å². The fourth-order valence-corrected chi connectivity index (χ4v) is 6.41. The summed E-state index contributed by atoms with van der Waals surface area (Å²) in [5.41, 5.74) is -1.46. The van der Waals surface area contributed by atoms with Crippen molar-refractivity contribution in [1.29, 1.82) is 0 Å². The van der Waals surface area contributed by atoms with Crippen LogP contribution in [0.4, 0.5) is 5.69 Å². The molecule has 0 radical (unpaired) electrons. The van der Waals surface area contributed by atoms with Crippen LogP contribution in [-0.2, 0) is 23.9 Å². The molecule has 2 amide bonds. The van der Waals surface area contributed by atoms with E-state index >= 15 is 0 Å². The Morgan fingerprint density at radius 2 is 1.91 bits per heavy atom. The Bertz CT molecular complexity index is 980. The maximum absolute atomic E-state index is 14.0. The van der Waals surface area contributed by atoms with Gasteiger partial charge < -0.3 is 29.5 Å². The molecule has 2 N–H and O–H groups in total. The van der Waals surface area contributed by atoms with Gasteiger partial charge in [0.1, 0.15) is 23.3 Å². The Labute approximate surface area is 206 Å². The molecular formula is C26H36N2O7. The van der Waals surface area contributed by atoms with Crippen LogP contribution in [0.5, 0.6) is 5.75 Å². The lowest BCUT2D eigenvalue weighted by Crippen LogP contribution is -2.57. The molecule has 3 fully saturated rings. The Kier molecular flexibility index (Phi) is 6.85. The summed E-state index contributed by atoms with van der Waals surface area (Å²) in [6.45, 7) is 7.35. The standard InChI is InChI=1S/C26H36N2O7/c1-6-25-12-13-26(35-25)19(20(25)24(32)34-7-2)23(31)28(18(14-29)15(3)4)21(26)22(30)27-16-8-10-17(33-5)11-9-16/h8-11,15,18-21,29H,6-7,12-14H2,1-5H3,(H,27,30)/t18-,19-,20+,21?,25-,26?/m0/s1. The van der Waals surface area contributed by atoms with Crippen LogP contribution in [0.15, 0.2) is 24.3 Å². The van der Waals surface area contributed by atoms with Gasteiger partial charge in [0.05, 0.1) is 37.9 Å². The fourth-order valence-electron chi connectivity index (χ4n) is 6.41. The lowest BCUT2D eigenvalue weighted by molar-refractivity contribution is -0.161. The first-order chi connectivity index (χ1) is 16.7. The zero-order valence-electron chi connectivity index (χ0n) is 21.1. The van der Waals surface area contributed by atoms with Gasteiger partial charge in [0.25, 0.3) is 0 Å². The molecular weight excluding hydrogens is 452 g/mol. The van der Waals surface area contributed by atoms with E-state index in [0.717, 1.165) is 0 Å². The zero-order valence-corrected chi connectivity index (χ0v) is 21.1. The van der Waals surface area contributed by atoms with Crippen LogP contribution >= 0.6 is 0 Å². The van der Waals surface area contributed by atoms with Crippen molar-refractivity contribution in [3.05, 3.63) is 24.3 Å². The third-order valence-electron chi connectivity index (χ3n) is 8.08.